The summed E-state index contributed by atoms with van der Waals surface area (Å²) in [5, 5.41) is 14.7. The summed E-state index contributed by atoms with van der Waals surface area (Å²) in [7, 11) is 1.32. The average Bonchev–Trinajstić information content (AvgIpc) is 3.51. The summed E-state index contributed by atoms with van der Waals surface area (Å²) in [5.74, 6) is 0.510. The summed E-state index contributed by atoms with van der Waals surface area (Å²) in [6, 6.07) is 15.1. The summed E-state index contributed by atoms with van der Waals surface area (Å²) < 4.78 is 12.7. The predicted molar refractivity (Wildman–Crippen MR) is 147 cm³/mol. The van der Waals surface area contributed by atoms with E-state index in [1.54, 1.807) is 6.07 Å². The Morgan fingerprint density at radius 1 is 1.16 bits per heavy atom. The summed E-state index contributed by atoms with van der Waals surface area (Å²) >= 11 is 8.76. The van der Waals surface area contributed by atoms with Crippen LogP contribution in [-0.2, 0) is 22.7 Å². The molecule has 0 radical (unpaired) electrons. The van der Waals surface area contributed by atoms with Gasteiger partial charge < -0.3 is 19.4 Å². The van der Waals surface area contributed by atoms with Crippen LogP contribution in [0.25, 0.3) is 11.1 Å². The molecular weight excluding hydrogens is 532 g/mol. The van der Waals surface area contributed by atoms with E-state index in [9.17, 15) is 9.59 Å². The maximum Gasteiger partial charge on any atom is 0.341 e. The molecule has 0 fully saturated rings. The molecule has 2 heterocycles. The minimum absolute atomic E-state index is 0.0852. The summed E-state index contributed by atoms with van der Waals surface area (Å²) in [4.78, 5) is 25.3. The molecule has 0 spiro atoms. The number of esters is 1. The monoisotopic (exact) mass is 556 g/mol. The van der Waals surface area contributed by atoms with E-state index in [2.05, 4.69) is 15.5 Å². The van der Waals surface area contributed by atoms with Crippen LogP contribution in [0.2, 0.25) is 5.02 Å². The van der Waals surface area contributed by atoms with E-state index in [-0.39, 0.29) is 18.3 Å². The number of anilines is 1. The molecule has 1 amide bonds. The standard InChI is InChI=1S/C26H25ClN4O4S2/c1-4-31-21(13-35-20-12-16(2)10-11-19(20)27)29-30-26(31)37-15-22(32)28-24-23(25(33)34-3)18(14-36-24)17-8-6-5-7-9-17/h5-12,14H,4,13,15H2,1-3H3,(H,28,32). The van der Waals surface area contributed by atoms with Crippen molar-refractivity contribution in [3.63, 3.8) is 0 Å². The van der Waals surface area contributed by atoms with Crippen molar-refractivity contribution in [3.05, 3.63) is 75.9 Å². The van der Waals surface area contributed by atoms with Crippen molar-refractivity contribution in [1.82, 2.24) is 14.8 Å². The van der Waals surface area contributed by atoms with E-state index in [0.717, 1.165) is 11.1 Å². The molecule has 0 saturated heterocycles. The van der Waals surface area contributed by atoms with Gasteiger partial charge in [0.15, 0.2) is 11.0 Å². The quantitative estimate of drug-likeness (QED) is 0.187. The van der Waals surface area contributed by atoms with Crippen molar-refractivity contribution in [1.29, 1.82) is 0 Å². The van der Waals surface area contributed by atoms with Crippen molar-refractivity contribution in [3.8, 4) is 16.9 Å². The molecule has 0 aliphatic heterocycles. The highest BCUT2D eigenvalue weighted by atomic mass is 35.5. The van der Waals surface area contributed by atoms with Crippen LogP contribution in [0.15, 0.2) is 59.1 Å². The van der Waals surface area contributed by atoms with Gasteiger partial charge in [-0.1, -0.05) is 59.8 Å². The normalized spacial score (nSPS) is 10.8. The maximum atomic E-state index is 12.8. The lowest BCUT2D eigenvalue weighted by Crippen LogP contribution is -2.16. The Kier molecular flexibility index (Phi) is 8.86. The number of carbonyl (C=O) groups is 2. The zero-order valence-electron chi connectivity index (χ0n) is 20.5. The fourth-order valence-corrected chi connectivity index (χ4v) is 5.56. The first kappa shape index (κ1) is 26.7. The second-order valence-corrected chi connectivity index (χ2v) is 10.1. The van der Waals surface area contributed by atoms with Crippen molar-refractivity contribution < 1.29 is 19.1 Å². The van der Waals surface area contributed by atoms with Gasteiger partial charge in [-0.05, 0) is 37.1 Å². The van der Waals surface area contributed by atoms with Gasteiger partial charge >= 0.3 is 5.97 Å². The Labute approximate surface area is 228 Å². The van der Waals surface area contributed by atoms with Crippen molar-refractivity contribution in [2.45, 2.75) is 32.2 Å². The molecule has 0 unspecified atom stereocenters. The van der Waals surface area contributed by atoms with Gasteiger partial charge in [-0.2, -0.15) is 0 Å². The Balaban J connectivity index is 1.42. The first-order chi connectivity index (χ1) is 17.9. The van der Waals surface area contributed by atoms with Crippen LogP contribution < -0.4 is 10.1 Å². The zero-order valence-corrected chi connectivity index (χ0v) is 22.9. The third-order valence-electron chi connectivity index (χ3n) is 5.40. The molecule has 0 bridgehead atoms. The number of hydrogen-bond acceptors (Lipinski definition) is 8. The lowest BCUT2D eigenvalue weighted by Gasteiger charge is -2.10. The fraction of sp³-hybridized carbons (Fsp3) is 0.231. The molecule has 1 N–H and O–H groups in total. The summed E-state index contributed by atoms with van der Waals surface area (Å²) in [6.45, 7) is 4.73. The minimum Gasteiger partial charge on any atom is -0.484 e. The predicted octanol–water partition coefficient (Wildman–Crippen LogP) is 6.08. The molecule has 192 valence electrons. The second-order valence-electron chi connectivity index (χ2n) is 7.91. The average molecular weight is 557 g/mol. The number of methoxy groups -OCH3 is 1. The van der Waals surface area contributed by atoms with Crippen LogP contribution >= 0.6 is 34.7 Å². The summed E-state index contributed by atoms with van der Waals surface area (Å²) in [5.41, 5.74) is 2.95. The van der Waals surface area contributed by atoms with Gasteiger partial charge in [-0.15, -0.1) is 21.5 Å². The number of nitrogens with one attached hydrogen (secondary N) is 1. The second kappa shape index (κ2) is 12.3. The third kappa shape index (κ3) is 6.33. The van der Waals surface area contributed by atoms with E-state index in [1.165, 1.54) is 30.2 Å². The number of carbonyl (C=O) groups excluding carboxylic acids is 2. The van der Waals surface area contributed by atoms with Crippen LogP contribution in [0.1, 0.15) is 28.7 Å². The fourth-order valence-electron chi connectivity index (χ4n) is 3.59. The number of nitrogens with zero attached hydrogens (tertiary/aromatic N) is 3. The third-order valence-corrected chi connectivity index (χ3v) is 7.58. The molecule has 2 aromatic carbocycles. The molecule has 0 aliphatic rings. The van der Waals surface area contributed by atoms with E-state index in [1.807, 2.05) is 66.3 Å². The molecule has 0 aliphatic carbocycles. The molecule has 2 aromatic heterocycles. The topological polar surface area (TPSA) is 95.3 Å². The van der Waals surface area contributed by atoms with Gasteiger partial charge in [0.1, 0.15) is 22.9 Å². The highest BCUT2D eigenvalue weighted by molar-refractivity contribution is 7.99. The molecule has 0 saturated carbocycles. The number of halogens is 1. The molecule has 8 nitrogen and oxygen atoms in total. The molecule has 4 aromatic rings. The Morgan fingerprint density at radius 3 is 2.68 bits per heavy atom. The van der Waals surface area contributed by atoms with Crippen LogP contribution in [0.3, 0.4) is 0 Å². The van der Waals surface area contributed by atoms with Gasteiger partial charge in [0.25, 0.3) is 0 Å². The number of amides is 1. The summed E-state index contributed by atoms with van der Waals surface area (Å²) in [6.07, 6.45) is 0. The lowest BCUT2D eigenvalue weighted by molar-refractivity contribution is -0.113. The van der Waals surface area contributed by atoms with Crippen molar-refractivity contribution in [2.75, 3.05) is 18.2 Å². The van der Waals surface area contributed by atoms with Crippen LogP contribution in [-0.4, -0.2) is 39.5 Å². The molecule has 4 rings (SSSR count). The van der Waals surface area contributed by atoms with Gasteiger partial charge in [-0.25, -0.2) is 4.79 Å². The molecular formula is C26H25ClN4O4S2. The molecule has 37 heavy (non-hydrogen) atoms. The van der Waals surface area contributed by atoms with Gasteiger partial charge in [-0.3, -0.25) is 4.79 Å². The lowest BCUT2D eigenvalue weighted by atomic mass is 10.0. The number of aromatic nitrogens is 3. The number of ether oxygens (including phenoxy) is 2. The van der Waals surface area contributed by atoms with Gasteiger partial charge in [0.2, 0.25) is 5.91 Å². The zero-order chi connectivity index (χ0) is 26.4. The number of rotatable bonds is 10. The van der Waals surface area contributed by atoms with Gasteiger partial charge in [0, 0.05) is 17.5 Å². The van der Waals surface area contributed by atoms with E-state index < -0.39 is 5.97 Å². The first-order valence-electron chi connectivity index (χ1n) is 11.4. The van der Waals surface area contributed by atoms with Crippen LogP contribution in [0.4, 0.5) is 5.00 Å². The van der Waals surface area contributed by atoms with E-state index in [0.29, 0.717) is 44.4 Å². The number of thioether (sulfide) groups is 1. The van der Waals surface area contributed by atoms with Gasteiger partial charge in [0.05, 0.1) is 17.9 Å². The van der Waals surface area contributed by atoms with Crippen molar-refractivity contribution in [2.24, 2.45) is 0 Å². The van der Waals surface area contributed by atoms with E-state index in [4.69, 9.17) is 21.1 Å². The van der Waals surface area contributed by atoms with E-state index >= 15 is 0 Å². The Hall–Kier alpha value is -3.34. The highest BCUT2D eigenvalue weighted by Gasteiger charge is 2.23. The minimum atomic E-state index is -0.507. The highest BCUT2D eigenvalue weighted by Crippen LogP contribution is 2.36. The van der Waals surface area contributed by atoms with Crippen LogP contribution in [0.5, 0.6) is 5.75 Å². The number of benzene rings is 2. The largest absolute Gasteiger partial charge is 0.484 e. The number of hydrogen-bond donors (Lipinski definition) is 1. The smallest absolute Gasteiger partial charge is 0.341 e. The molecule has 0 atom stereocenters. The number of thiophene rings is 1. The Bertz CT molecular complexity index is 1410. The number of aryl methyl sites for hydroxylation is 1. The maximum absolute atomic E-state index is 12.8. The van der Waals surface area contributed by atoms with Crippen molar-refractivity contribution >= 4 is 51.6 Å². The Morgan fingerprint density at radius 2 is 1.95 bits per heavy atom. The van der Waals surface area contributed by atoms with Crippen LogP contribution in [0, 0.1) is 6.92 Å². The SMILES string of the molecule is CCn1c(COc2cc(C)ccc2Cl)nnc1SCC(=O)Nc1scc(-c2ccccc2)c1C(=O)OC. The molecule has 11 heteroatoms. The first-order valence-corrected chi connectivity index (χ1v) is 13.6.